The maximum Gasteiger partial charge on any atom is 0.118 e. The molecule has 9 heavy (non-hydrogen) atoms. The van der Waals surface area contributed by atoms with E-state index in [4.69, 9.17) is 10.2 Å². The summed E-state index contributed by atoms with van der Waals surface area (Å²) in [4.78, 5) is 0. The second kappa shape index (κ2) is 2.87. The molecule has 2 heteroatoms. The zero-order valence-corrected chi connectivity index (χ0v) is 6.37. The third-order valence-electron chi connectivity index (χ3n) is 0.776. The van der Waals surface area contributed by atoms with E-state index in [2.05, 4.69) is 15.9 Å². The first-order valence-corrected chi connectivity index (χ1v) is 3.09. The maximum absolute atomic E-state index is 7.43. The number of hydrogen-bond donors (Lipinski definition) is 0. The van der Waals surface area contributed by atoms with Crippen molar-refractivity contribution in [2.75, 3.05) is 7.11 Å². The molecule has 0 saturated heterocycles. The SMILES string of the molecule is [2H]c1c([2H])c(OC)c([2H])c([2H])c1Br. The predicted octanol–water partition coefficient (Wildman–Crippen LogP) is 2.46. The summed E-state index contributed by atoms with van der Waals surface area (Å²) in [5.41, 5.74) is 0. The number of ether oxygens (including phenoxy) is 1. The van der Waals surface area contributed by atoms with Crippen LogP contribution >= 0.6 is 15.9 Å². The van der Waals surface area contributed by atoms with Gasteiger partial charge < -0.3 is 4.74 Å². The normalized spacial score (nSPS) is 15.3. The minimum atomic E-state index is -0.171. The Kier molecular flexibility index (Phi) is 0.977. The first-order chi connectivity index (χ1) is 6.00. The van der Waals surface area contributed by atoms with E-state index >= 15 is 0 Å². The van der Waals surface area contributed by atoms with Crippen molar-refractivity contribution in [3.63, 3.8) is 0 Å². The Bertz CT molecular complexity index is 324. The fourth-order valence-corrected chi connectivity index (χ4v) is 0.586. The molecule has 0 aliphatic heterocycles. The van der Waals surface area contributed by atoms with E-state index in [0.29, 0.717) is 0 Å². The number of halogens is 1. The summed E-state index contributed by atoms with van der Waals surface area (Å²) < 4.78 is 34.6. The van der Waals surface area contributed by atoms with Crippen molar-refractivity contribution in [1.82, 2.24) is 0 Å². The predicted molar refractivity (Wildman–Crippen MR) is 40.7 cm³/mol. The van der Waals surface area contributed by atoms with Crippen molar-refractivity contribution in [3.8, 4) is 5.75 Å². The second-order valence-corrected chi connectivity index (χ2v) is 2.14. The highest BCUT2D eigenvalue weighted by atomic mass is 79.9. The first kappa shape index (κ1) is 3.06. The van der Waals surface area contributed by atoms with Crippen molar-refractivity contribution in [2.24, 2.45) is 0 Å². The number of benzene rings is 1. The van der Waals surface area contributed by atoms with Gasteiger partial charge in [0.2, 0.25) is 0 Å². The molecular weight excluding hydrogens is 180 g/mol. The summed E-state index contributed by atoms with van der Waals surface area (Å²) in [5, 5.41) is 0. The lowest BCUT2D eigenvalue weighted by Gasteiger charge is -1.96. The molecule has 1 aromatic rings. The molecule has 1 nitrogen and oxygen atoms in total. The Morgan fingerprint density at radius 3 is 2.44 bits per heavy atom. The van der Waals surface area contributed by atoms with Crippen LogP contribution in [-0.2, 0) is 0 Å². The van der Waals surface area contributed by atoms with Crippen LogP contribution in [0, 0.1) is 0 Å². The Labute approximate surface area is 68.4 Å². The molecule has 0 aliphatic carbocycles. The average molecular weight is 191 g/mol. The molecule has 0 amide bonds. The standard InChI is InChI=1S/C7H7BrO/c1-9-7-4-2-6(8)3-5-7/h2-5H,1H3/i2D,3D,4D,5D. The molecule has 0 unspecified atom stereocenters. The summed E-state index contributed by atoms with van der Waals surface area (Å²) >= 11 is 2.97. The fourth-order valence-electron chi connectivity index (χ4n) is 0.388. The van der Waals surface area contributed by atoms with Crippen molar-refractivity contribution < 1.29 is 10.2 Å². The van der Waals surface area contributed by atoms with Crippen LogP contribution in [0.3, 0.4) is 0 Å². The van der Waals surface area contributed by atoms with Crippen LogP contribution in [0.1, 0.15) is 5.48 Å². The molecule has 0 spiro atoms. The lowest BCUT2D eigenvalue weighted by Crippen LogP contribution is -1.79. The van der Waals surface area contributed by atoms with E-state index in [9.17, 15) is 0 Å². The third kappa shape index (κ3) is 1.72. The van der Waals surface area contributed by atoms with E-state index in [1.807, 2.05) is 0 Å². The van der Waals surface area contributed by atoms with Crippen LogP contribution in [0.5, 0.6) is 5.75 Å². The van der Waals surface area contributed by atoms with Gasteiger partial charge in [0.1, 0.15) is 5.75 Å². The second-order valence-electron chi connectivity index (χ2n) is 1.35. The lowest BCUT2D eigenvalue weighted by molar-refractivity contribution is 0.414. The molecular formula is C7H7BrO. The zero-order chi connectivity index (χ0) is 10.2. The van der Waals surface area contributed by atoms with Crippen LogP contribution in [0.15, 0.2) is 28.6 Å². The molecule has 1 aromatic carbocycles. The Balaban J connectivity index is 3.56. The van der Waals surface area contributed by atoms with Crippen LogP contribution in [0.25, 0.3) is 0 Å². The average Bonchev–Trinajstić information content (AvgIpc) is 2.13. The van der Waals surface area contributed by atoms with Crippen molar-refractivity contribution in [3.05, 3.63) is 28.6 Å². The van der Waals surface area contributed by atoms with E-state index in [1.165, 1.54) is 7.11 Å². The van der Waals surface area contributed by atoms with Crippen molar-refractivity contribution in [2.45, 2.75) is 0 Å². The topological polar surface area (TPSA) is 9.23 Å². The smallest absolute Gasteiger partial charge is 0.118 e. The molecule has 0 atom stereocenters. The van der Waals surface area contributed by atoms with Crippen molar-refractivity contribution >= 4 is 15.9 Å². The highest BCUT2D eigenvalue weighted by Crippen LogP contribution is 2.14. The first-order valence-electron chi connectivity index (χ1n) is 4.30. The van der Waals surface area contributed by atoms with Gasteiger partial charge >= 0.3 is 0 Å². The van der Waals surface area contributed by atoms with Gasteiger partial charge in [-0.25, -0.2) is 0 Å². The summed E-state index contributed by atoms with van der Waals surface area (Å²) in [6, 6.07) is -0.596. The monoisotopic (exact) mass is 190 g/mol. The molecule has 0 aliphatic rings. The summed E-state index contributed by atoms with van der Waals surface area (Å²) in [6.07, 6.45) is 0. The molecule has 0 radical (unpaired) electrons. The number of methoxy groups -OCH3 is 1. The van der Waals surface area contributed by atoms with Crippen LogP contribution in [-0.4, -0.2) is 7.11 Å². The minimum Gasteiger partial charge on any atom is -0.497 e. The summed E-state index contributed by atoms with van der Waals surface area (Å²) in [7, 11) is 1.32. The van der Waals surface area contributed by atoms with Crippen molar-refractivity contribution in [1.29, 1.82) is 0 Å². The molecule has 0 fully saturated rings. The zero-order valence-electron chi connectivity index (χ0n) is 8.79. The summed E-state index contributed by atoms with van der Waals surface area (Å²) in [5.74, 6) is -0.0294. The molecule has 0 saturated carbocycles. The van der Waals surface area contributed by atoms with E-state index in [0.717, 1.165) is 0 Å². The third-order valence-corrected chi connectivity index (χ3v) is 1.17. The maximum atomic E-state index is 7.43. The molecule has 0 bridgehead atoms. The highest BCUT2D eigenvalue weighted by molar-refractivity contribution is 9.10. The van der Waals surface area contributed by atoms with Gasteiger partial charge in [-0.1, -0.05) is 15.9 Å². The molecule has 0 N–H and O–H groups in total. The van der Waals surface area contributed by atoms with E-state index in [1.54, 1.807) is 0 Å². The molecule has 0 heterocycles. The Hall–Kier alpha value is -0.500. The Morgan fingerprint density at radius 1 is 1.44 bits per heavy atom. The van der Waals surface area contributed by atoms with Gasteiger partial charge in [-0.2, -0.15) is 0 Å². The lowest BCUT2D eigenvalue weighted by atomic mass is 10.3. The molecule has 48 valence electrons. The van der Waals surface area contributed by atoms with Crippen LogP contribution < -0.4 is 4.74 Å². The van der Waals surface area contributed by atoms with E-state index < -0.39 is 0 Å². The van der Waals surface area contributed by atoms with Gasteiger partial charge in [0.15, 0.2) is 0 Å². The number of rotatable bonds is 1. The minimum absolute atomic E-state index is 0.0294. The van der Waals surface area contributed by atoms with Crippen LogP contribution in [0.4, 0.5) is 0 Å². The van der Waals surface area contributed by atoms with E-state index in [-0.39, 0.29) is 34.4 Å². The number of hydrogen-bond acceptors (Lipinski definition) is 1. The highest BCUT2D eigenvalue weighted by Gasteiger charge is 1.86. The Morgan fingerprint density at radius 2 is 2.00 bits per heavy atom. The van der Waals surface area contributed by atoms with Gasteiger partial charge in [0, 0.05) is 4.47 Å². The summed E-state index contributed by atoms with van der Waals surface area (Å²) in [6.45, 7) is 0. The van der Waals surface area contributed by atoms with Gasteiger partial charge in [-0.05, 0) is 24.2 Å². The van der Waals surface area contributed by atoms with Crippen LogP contribution in [0.2, 0.25) is 0 Å². The quantitative estimate of drug-likeness (QED) is 0.662. The van der Waals surface area contributed by atoms with Gasteiger partial charge in [0.25, 0.3) is 0 Å². The molecule has 1 rings (SSSR count). The fraction of sp³-hybridized carbons (Fsp3) is 0.143. The largest absolute Gasteiger partial charge is 0.497 e. The van der Waals surface area contributed by atoms with Gasteiger partial charge in [-0.15, -0.1) is 0 Å². The van der Waals surface area contributed by atoms with Gasteiger partial charge in [0.05, 0.1) is 12.6 Å². The molecule has 0 aromatic heterocycles. The van der Waals surface area contributed by atoms with Gasteiger partial charge in [-0.3, -0.25) is 0 Å².